The highest BCUT2D eigenvalue weighted by Crippen LogP contribution is 2.45. The number of esters is 2. The van der Waals surface area contributed by atoms with Gasteiger partial charge in [-0.3, -0.25) is 9.59 Å². The summed E-state index contributed by atoms with van der Waals surface area (Å²) >= 11 is 0. The Bertz CT molecular complexity index is 957. The fraction of sp³-hybridized carbons (Fsp3) is 0.480. The summed E-state index contributed by atoms with van der Waals surface area (Å²) in [5.74, 6) is -2.96. The van der Waals surface area contributed by atoms with Crippen LogP contribution >= 0.6 is 0 Å². The number of carbonyl (C=O) groups excluding carboxylic acids is 3. The molecule has 31 heavy (non-hydrogen) atoms. The average Bonchev–Trinajstić information content (AvgIpc) is 2.72. The monoisotopic (exact) mass is 425 g/mol. The van der Waals surface area contributed by atoms with Crippen LogP contribution in [0.25, 0.3) is 0 Å². The molecular formula is C25H31NO5. The molecule has 1 aliphatic carbocycles. The summed E-state index contributed by atoms with van der Waals surface area (Å²) in [5, 5.41) is 3.28. The van der Waals surface area contributed by atoms with Crippen LogP contribution in [0, 0.1) is 18.8 Å². The van der Waals surface area contributed by atoms with Crippen molar-refractivity contribution in [1.82, 2.24) is 5.32 Å². The molecule has 0 saturated carbocycles. The molecule has 6 heteroatoms. The Morgan fingerprint density at radius 3 is 2.42 bits per heavy atom. The molecule has 1 aliphatic heterocycles. The van der Waals surface area contributed by atoms with Crippen LogP contribution in [0.5, 0.6) is 0 Å². The summed E-state index contributed by atoms with van der Waals surface area (Å²) in [6, 6.07) is 7.77. The lowest BCUT2D eigenvalue weighted by Crippen LogP contribution is -2.43. The molecule has 0 spiro atoms. The van der Waals surface area contributed by atoms with Gasteiger partial charge in [0.1, 0.15) is 5.92 Å². The minimum absolute atomic E-state index is 0.203. The number of aryl methyl sites for hydroxylation is 1. The van der Waals surface area contributed by atoms with E-state index in [4.69, 9.17) is 9.47 Å². The molecule has 1 aromatic rings. The molecule has 0 saturated heterocycles. The van der Waals surface area contributed by atoms with E-state index in [0.717, 1.165) is 16.8 Å². The molecule has 6 nitrogen and oxygen atoms in total. The number of nitrogens with one attached hydrogen (secondary N) is 1. The second kappa shape index (κ2) is 9.08. The first kappa shape index (κ1) is 22.8. The number of dihydropyridines is 1. The van der Waals surface area contributed by atoms with Crippen molar-refractivity contribution in [3.8, 4) is 0 Å². The molecule has 1 N–H and O–H groups in total. The summed E-state index contributed by atoms with van der Waals surface area (Å²) in [6.45, 7) is 9.48. The number of methoxy groups -OCH3 is 1. The number of hydrogen-bond acceptors (Lipinski definition) is 6. The van der Waals surface area contributed by atoms with E-state index in [1.165, 1.54) is 7.11 Å². The third-order valence-electron chi connectivity index (χ3n) is 6.26. The number of benzene rings is 1. The lowest BCUT2D eigenvalue weighted by atomic mass is 9.69. The zero-order valence-electron chi connectivity index (χ0n) is 19.1. The standard InChI is InChI=1S/C25H31NO5/c1-7-15(4)31-25(29)20-16(5)26-18-12-14(3)19(24(28)30-6)23(27)22(18)21(20)17-10-8-13(2)9-11-17/h8-11,14-15,19,21,26H,7,12H2,1-6H3/t14-,15-,19-,21-/m1/s1. The van der Waals surface area contributed by atoms with Crippen molar-refractivity contribution >= 4 is 17.7 Å². The van der Waals surface area contributed by atoms with Crippen molar-refractivity contribution in [3.05, 3.63) is 57.9 Å². The van der Waals surface area contributed by atoms with Gasteiger partial charge >= 0.3 is 11.9 Å². The van der Waals surface area contributed by atoms with Crippen LogP contribution in [0.2, 0.25) is 0 Å². The van der Waals surface area contributed by atoms with E-state index in [2.05, 4.69) is 5.32 Å². The third kappa shape index (κ3) is 4.29. The molecule has 0 radical (unpaired) electrons. The normalized spacial score (nSPS) is 24.3. The number of allylic oxidation sites excluding steroid dienone is 3. The average molecular weight is 426 g/mol. The molecule has 0 aromatic heterocycles. The number of ketones is 1. The van der Waals surface area contributed by atoms with Gasteiger partial charge in [0.05, 0.1) is 18.8 Å². The van der Waals surface area contributed by atoms with Crippen molar-refractivity contribution in [1.29, 1.82) is 0 Å². The van der Waals surface area contributed by atoms with Crippen molar-refractivity contribution in [2.24, 2.45) is 11.8 Å². The topological polar surface area (TPSA) is 81.7 Å². The van der Waals surface area contributed by atoms with Crippen LogP contribution < -0.4 is 5.32 Å². The summed E-state index contributed by atoms with van der Waals surface area (Å²) in [5.41, 5.74) is 4.21. The van der Waals surface area contributed by atoms with Crippen molar-refractivity contribution in [2.45, 2.75) is 59.5 Å². The number of ether oxygens (including phenoxy) is 2. The Hall–Kier alpha value is -2.89. The molecular weight excluding hydrogens is 394 g/mol. The van der Waals surface area contributed by atoms with Gasteiger partial charge in [-0.2, -0.15) is 0 Å². The van der Waals surface area contributed by atoms with Crippen LogP contribution in [0.15, 0.2) is 46.8 Å². The highest BCUT2D eigenvalue weighted by atomic mass is 16.5. The van der Waals surface area contributed by atoms with E-state index in [0.29, 0.717) is 29.7 Å². The first-order valence-electron chi connectivity index (χ1n) is 10.8. The van der Waals surface area contributed by atoms with Gasteiger partial charge in [0.15, 0.2) is 5.78 Å². The third-order valence-corrected chi connectivity index (χ3v) is 6.26. The molecule has 0 unspecified atom stereocenters. The van der Waals surface area contributed by atoms with E-state index in [-0.39, 0.29) is 17.8 Å². The van der Waals surface area contributed by atoms with Gasteiger partial charge < -0.3 is 14.8 Å². The molecule has 0 fully saturated rings. The predicted molar refractivity (Wildman–Crippen MR) is 117 cm³/mol. The maximum absolute atomic E-state index is 13.6. The van der Waals surface area contributed by atoms with Gasteiger partial charge in [-0.05, 0) is 45.1 Å². The summed E-state index contributed by atoms with van der Waals surface area (Å²) in [4.78, 5) is 39.2. The minimum Gasteiger partial charge on any atom is -0.468 e. The van der Waals surface area contributed by atoms with Crippen LogP contribution in [-0.2, 0) is 23.9 Å². The first-order chi connectivity index (χ1) is 14.7. The smallest absolute Gasteiger partial charge is 0.337 e. The quantitative estimate of drug-likeness (QED) is 0.568. The van der Waals surface area contributed by atoms with Crippen molar-refractivity contribution in [2.75, 3.05) is 7.11 Å². The maximum Gasteiger partial charge on any atom is 0.337 e. The molecule has 1 heterocycles. The van der Waals surface area contributed by atoms with E-state index in [1.807, 2.05) is 58.9 Å². The fourth-order valence-electron chi connectivity index (χ4n) is 4.37. The van der Waals surface area contributed by atoms with Gasteiger partial charge in [0.25, 0.3) is 0 Å². The van der Waals surface area contributed by atoms with Gasteiger partial charge in [-0.25, -0.2) is 4.79 Å². The van der Waals surface area contributed by atoms with E-state index in [1.54, 1.807) is 0 Å². The fourth-order valence-corrected chi connectivity index (χ4v) is 4.37. The van der Waals surface area contributed by atoms with Crippen LogP contribution in [0.4, 0.5) is 0 Å². The lowest BCUT2D eigenvalue weighted by Gasteiger charge is -2.38. The largest absolute Gasteiger partial charge is 0.468 e. The highest BCUT2D eigenvalue weighted by molar-refractivity contribution is 6.12. The number of hydrogen-bond donors (Lipinski definition) is 1. The number of rotatable bonds is 5. The predicted octanol–water partition coefficient (Wildman–Crippen LogP) is 3.95. The van der Waals surface area contributed by atoms with E-state index in [9.17, 15) is 14.4 Å². The Balaban J connectivity index is 2.15. The van der Waals surface area contributed by atoms with Crippen LogP contribution in [-0.4, -0.2) is 30.9 Å². The summed E-state index contributed by atoms with van der Waals surface area (Å²) in [6.07, 6.45) is 0.968. The van der Waals surface area contributed by atoms with Gasteiger partial charge in [-0.15, -0.1) is 0 Å². The van der Waals surface area contributed by atoms with Gasteiger partial charge in [0.2, 0.25) is 0 Å². The first-order valence-corrected chi connectivity index (χ1v) is 10.8. The lowest BCUT2D eigenvalue weighted by molar-refractivity contribution is -0.151. The van der Waals surface area contributed by atoms with Gasteiger partial charge in [0, 0.05) is 22.9 Å². The molecule has 2 aliphatic rings. The van der Waals surface area contributed by atoms with Gasteiger partial charge in [-0.1, -0.05) is 43.7 Å². The Labute approximate surface area is 183 Å². The second-order valence-corrected chi connectivity index (χ2v) is 8.57. The SMILES string of the molecule is CC[C@@H](C)OC(=O)C1=C(C)NC2=C(C(=O)[C@H](C(=O)OC)[C@H](C)C2)[C@@H]1c1ccc(C)cc1. The highest BCUT2D eigenvalue weighted by Gasteiger charge is 2.47. The molecule has 4 atom stereocenters. The molecule has 0 amide bonds. The number of Topliss-reactive ketones (excluding diaryl/α,β-unsaturated/α-hetero) is 1. The Morgan fingerprint density at radius 1 is 1.19 bits per heavy atom. The molecule has 0 bridgehead atoms. The van der Waals surface area contributed by atoms with E-state index >= 15 is 0 Å². The summed E-state index contributed by atoms with van der Waals surface area (Å²) < 4.78 is 10.6. The van der Waals surface area contributed by atoms with Crippen molar-refractivity contribution in [3.63, 3.8) is 0 Å². The number of carbonyl (C=O) groups is 3. The maximum atomic E-state index is 13.6. The van der Waals surface area contributed by atoms with Crippen LogP contribution in [0.1, 0.15) is 57.6 Å². The summed E-state index contributed by atoms with van der Waals surface area (Å²) in [7, 11) is 1.29. The minimum atomic E-state index is -0.885. The van der Waals surface area contributed by atoms with E-state index < -0.39 is 23.8 Å². The molecule has 166 valence electrons. The zero-order chi connectivity index (χ0) is 22.9. The molecule has 3 rings (SSSR count). The molecule has 1 aromatic carbocycles. The Morgan fingerprint density at radius 2 is 1.84 bits per heavy atom. The second-order valence-electron chi connectivity index (χ2n) is 8.57. The van der Waals surface area contributed by atoms with Crippen LogP contribution in [0.3, 0.4) is 0 Å². The van der Waals surface area contributed by atoms with Crippen molar-refractivity contribution < 1.29 is 23.9 Å². The Kier molecular flexibility index (Phi) is 6.68. The zero-order valence-corrected chi connectivity index (χ0v) is 19.1.